The van der Waals surface area contributed by atoms with Gasteiger partial charge in [-0.15, -0.1) is 12.4 Å². The van der Waals surface area contributed by atoms with Crippen molar-refractivity contribution in [2.45, 2.75) is 18.2 Å². The third kappa shape index (κ3) is 5.40. The summed E-state index contributed by atoms with van der Waals surface area (Å²) < 4.78 is 26.5. The average Bonchev–Trinajstić information content (AvgIpc) is 2.94. The summed E-state index contributed by atoms with van der Waals surface area (Å²) in [6.07, 6.45) is 0.176. The van der Waals surface area contributed by atoms with Gasteiger partial charge in [-0.2, -0.15) is 0 Å². The monoisotopic (exact) mass is 390 g/mol. The molecule has 25 heavy (non-hydrogen) atoms. The maximum atomic E-state index is 12.3. The normalized spacial score (nSPS) is 17.3. The second-order valence-corrected chi connectivity index (χ2v) is 7.30. The Labute approximate surface area is 153 Å². The number of nitrogens with zero attached hydrogens (tertiary/aromatic N) is 1. The van der Waals surface area contributed by atoms with Crippen LogP contribution in [0.1, 0.15) is 13.3 Å². The molecule has 1 unspecified atom stereocenters. The van der Waals surface area contributed by atoms with Crippen molar-refractivity contribution in [2.75, 3.05) is 31.5 Å². The van der Waals surface area contributed by atoms with Gasteiger partial charge in [0.25, 0.3) is 0 Å². The first-order valence-corrected chi connectivity index (χ1v) is 9.24. The highest BCUT2D eigenvalue weighted by atomic mass is 35.5. The van der Waals surface area contributed by atoms with Crippen LogP contribution < -0.4 is 15.8 Å². The molecule has 0 radical (unpaired) electrons. The van der Waals surface area contributed by atoms with Crippen LogP contribution in [0.3, 0.4) is 0 Å². The number of rotatable bonds is 7. The van der Waals surface area contributed by atoms with Gasteiger partial charge in [0.2, 0.25) is 21.8 Å². The van der Waals surface area contributed by atoms with Crippen molar-refractivity contribution in [2.24, 2.45) is 11.7 Å². The summed E-state index contributed by atoms with van der Waals surface area (Å²) in [5.41, 5.74) is 5.67. The molecule has 0 saturated carbocycles. The van der Waals surface area contributed by atoms with E-state index in [-0.39, 0.29) is 48.6 Å². The molecule has 0 aliphatic carbocycles. The highest BCUT2D eigenvalue weighted by Gasteiger charge is 2.33. The Morgan fingerprint density at radius 1 is 1.40 bits per heavy atom. The van der Waals surface area contributed by atoms with Crippen LogP contribution in [0.25, 0.3) is 0 Å². The maximum absolute atomic E-state index is 12.3. The molecule has 4 N–H and O–H groups in total. The first kappa shape index (κ1) is 21.4. The standard InChI is InChI=1S/C15H22N4O4S.ClH/c1-2-19-10-11(8-14(19)20)15(21)18-12-4-3-5-13(9-12)24(22,23)17-7-6-16;/h3-5,9,11,17H,2,6-8,10,16H2,1H3,(H,18,21);1H. The topological polar surface area (TPSA) is 122 Å². The summed E-state index contributed by atoms with van der Waals surface area (Å²) in [6, 6.07) is 5.97. The summed E-state index contributed by atoms with van der Waals surface area (Å²) in [7, 11) is -3.66. The van der Waals surface area contributed by atoms with Crippen LogP contribution >= 0.6 is 12.4 Å². The Morgan fingerprint density at radius 3 is 2.72 bits per heavy atom. The number of nitrogens with one attached hydrogen (secondary N) is 2. The first-order chi connectivity index (χ1) is 11.4. The number of benzene rings is 1. The molecule has 1 aromatic rings. The van der Waals surface area contributed by atoms with Gasteiger partial charge in [0, 0.05) is 38.3 Å². The largest absolute Gasteiger partial charge is 0.342 e. The summed E-state index contributed by atoms with van der Waals surface area (Å²) in [6.45, 7) is 3.15. The molecule has 0 spiro atoms. The molecule has 140 valence electrons. The molecule has 8 nitrogen and oxygen atoms in total. The van der Waals surface area contributed by atoms with Crippen molar-refractivity contribution < 1.29 is 18.0 Å². The van der Waals surface area contributed by atoms with E-state index in [1.54, 1.807) is 17.0 Å². The van der Waals surface area contributed by atoms with Crippen molar-refractivity contribution in [1.29, 1.82) is 0 Å². The van der Waals surface area contributed by atoms with Gasteiger partial charge in [-0.3, -0.25) is 9.59 Å². The molecule has 1 aliphatic rings. The Bertz CT molecular complexity index is 726. The fraction of sp³-hybridized carbons (Fsp3) is 0.467. The predicted octanol–water partition coefficient (Wildman–Crippen LogP) is 0.152. The number of likely N-dealkylation sites (tertiary alicyclic amines) is 1. The predicted molar refractivity (Wildman–Crippen MR) is 96.9 cm³/mol. The number of hydrogen-bond donors (Lipinski definition) is 3. The SMILES string of the molecule is CCN1CC(C(=O)Nc2cccc(S(=O)(=O)NCCN)c2)CC1=O.Cl. The molecule has 1 saturated heterocycles. The van der Waals surface area contributed by atoms with E-state index in [2.05, 4.69) is 10.0 Å². The Morgan fingerprint density at radius 2 is 2.12 bits per heavy atom. The maximum Gasteiger partial charge on any atom is 0.240 e. The van der Waals surface area contributed by atoms with Gasteiger partial charge in [0.05, 0.1) is 10.8 Å². The minimum absolute atomic E-state index is 0. The minimum Gasteiger partial charge on any atom is -0.342 e. The second-order valence-electron chi connectivity index (χ2n) is 5.54. The summed E-state index contributed by atoms with van der Waals surface area (Å²) in [5, 5.41) is 2.68. The Balaban J connectivity index is 0.00000312. The number of hydrogen-bond acceptors (Lipinski definition) is 5. The lowest BCUT2D eigenvalue weighted by molar-refractivity contribution is -0.128. The fourth-order valence-electron chi connectivity index (χ4n) is 2.52. The summed E-state index contributed by atoms with van der Waals surface area (Å²) >= 11 is 0. The quantitative estimate of drug-likeness (QED) is 0.611. The van der Waals surface area contributed by atoms with E-state index in [4.69, 9.17) is 5.73 Å². The van der Waals surface area contributed by atoms with Gasteiger partial charge in [-0.25, -0.2) is 13.1 Å². The Kier molecular flexibility index (Phi) is 7.81. The number of amides is 2. The molecule has 1 aliphatic heterocycles. The summed E-state index contributed by atoms with van der Waals surface area (Å²) in [4.78, 5) is 25.7. The zero-order valence-corrected chi connectivity index (χ0v) is 15.5. The molecule has 2 amide bonds. The lowest BCUT2D eigenvalue weighted by Gasteiger charge is -2.14. The van der Waals surface area contributed by atoms with Gasteiger partial charge in [-0.1, -0.05) is 6.07 Å². The van der Waals surface area contributed by atoms with Crippen LogP contribution in [0, 0.1) is 5.92 Å². The van der Waals surface area contributed by atoms with E-state index in [9.17, 15) is 18.0 Å². The third-order valence-electron chi connectivity index (χ3n) is 3.82. The fourth-order valence-corrected chi connectivity index (χ4v) is 3.61. The van der Waals surface area contributed by atoms with Crippen LogP contribution in [0.2, 0.25) is 0 Å². The van der Waals surface area contributed by atoms with E-state index in [1.807, 2.05) is 6.92 Å². The molecule has 1 aromatic carbocycles. The van der Waals surface area contributed by atoms with Crippen LogP contribution in [0.5, 0.6) is 0 Å². The van der Waals surface area contributed by atoms with E-state index in [0.717, 1.165) is 0 Å². The molecular formula is C15H23ClN4O4S. The molecule has 0 bridgehead atoms. The van der Waals surface area contributed by atoms with Gasteiger partial charge >= 0.3 is 0 Å². The number of halogens is 1. The zero-order chi connectivity index (χ0) is 17.7. The second kappa shape index (κ2) is 9.14. The van der Waals surface area contributed by atoms with Crippen LogP contribution in [0.15, 0.2) is 29.2 Å². The highest BCUT2D eigenvalue weighted by Crippen LogP contribution is 2.21. The van der Waals surface area contributed by atoms with E-state index in [1.165, 1.54) is 12.1 Å². The van der Waals surface area contributed by atoms with Gasteiger partial charge in [0.15, 0.2) is 0 Å². The molecule has 1 fully saturated rings. The molecule has 0 aromatic heterocycles. The zero-order valence-electron chi connectivity index (χ0n) is 13.9. The first-order valence-electron chi connectivity index (χ1n) is 7.75. The number of carbonyl (C=O) groups excluding carboxylic acids is 2. The minimum atomic E-state index is -3.66. The molecule has 2 rings (SSSR count). The number of anilines is 1. The van der Waals surface area contributed by atoms with E-state index in [0.29, 0.717) is 18.8 Å². The van der Waals surface area contributed by atoms with E-state index >= 15 is 0 Å². The molecule has 1 heterocycles. The van der Waals surface area contributed by atoms with Crippen molar-refractivity contribution >= 4 is 39.9 Å². The van der Waals surface area contributed by atoms with Crippen LogP contribution in [0.4, 0.5) is 5.69 Å². The lowest BCUT2D eigenvalue weighted by atomic mass is 10.1. The number of nitrogens with two attached hydrogens (primary N) is 1. The average molecular weight is 391 g/mol. The molecule has 1 atom stereocenters. The van der Waals surface area contributed by atoms with Crippen molar-refractivity contribution in [3.8, 4) is 0 Å². The number of carbonyl (C=O) groups is 2. The summed E-state index contributed by atoms with van der Waals surface area (Å²) in [5.74, 6) is -0.753. The molecular weight excluding hydrogens is 368 g/mol. The third-order valence-corrected chi connectivity index (χ3v) is 5.27. The number of sulfonamides is 1. The van der Waals surface area contributed by atoms with Crippen molar-refractivity contribution in [1.82, 2.24) is 9.62 Å². The van der Waals surface area contributed by atoms with Crippen LogP contribution in [-0.2, 0) is 19.6 Å². The van der Waals surface area contributed by atoms with Crippen LogP contribution in [-0.4, -0.2) is 51.3 Å². The van der Waals surface area contributed by atoms with Crippen molar-refractivity contribution in [3.05, 3.63) is 24.3 Å². The molecule has 10 heteroatoms. The smallest absolute Gasteiger partial charge is 0.240 e. The Hall–Kier alpha value is -1.68. The van der Waals surface area contributed by atoms with Gasteiger partial charge in [-0.05, 0) is 25.1 Å². The highest BCUT2D eigenvalue weighted by molar-refractivity contribution is 7.89. The van der Waals surface area contributed by atoms with Crippen molar-refractivity contribution in [3.63, 3.8) is 0 Å². The van der Waals surface area contributed by atoms with E-state index < -0.39 is 15.9 Å². The lowest BCUT2D eigenvalue weighted by Crippen LogP contribution is -2.29. The van der Waals surface area contributed by atoms with Gasteiger partial charge in [0.1, 0.15) is 0 Å². The van der Waals surface area contributed by atoms with Gasteiger partial charge < -0.3 is 16.0 Å².